The van der Waals surface area contributed by atoms with Crippen LogP contribution in [0.4, 0.5) is 0 Å². The fourth-order valence-electron chi connectivity index (χ4n) is 1.64. The SMILES string of the molecule is CCCC/C=C/CCC(C)CCCC. The van der Waals surface area contributed by atoms with E-state index in [9.17, 15) is 0 Å². The van der Waals surface area contributed by atoms with E-state index in [1.807, 2.05) is 0 Å². The largest absolute Gasteiger partial charge is 0.0885 e. The molecule has 0 fully saturated rings. The molecule has 0 aromatic rings. The molecule has 14 heavy (non-hydrogen) atoms. The van der Waals surface area contributed by atoms with Gasteiger partial charge in [-0.3, -0.25) is 0 Å². The molecular formula is C14H28. The molecule has 0 saturated carbocycles. The van der Waals surface area contributed by atoms with Crippen LogP contribution in [0.2, 0.25) is 0 Å². The van der Waals surface area contributed by atoms with Crippen LogP contribution < -0.4 is 0 Å². The van der Waals surface area contributed by atoms with Crippen LogP contribution in [-0.4, -0.2) is 0 Å². The zero-order chi connectivity index (χ0) is 10.6. The molecule has 0 aliphatic heterocycles. The minimum Gasteiger partial charge on any atom is -0.0885 e. The van der Waals surface area contributed by atoms with Gasteiger partial charge in [0.1, 0.15) is 0 Å². The van der Waals surface area contributed by atoms with Crippen LogP contribution in [0.25, 0.3) is 0 Å². The highest BCUT2D eigenvalue weighted by molar-refractivity contribution is 4.81. The van der Waals surface area contributed by atoms with Gasteiger partial charge >= 0.3 is 0 Å². The Morgan fingerprint density at radius 3 is 2.14 bits per heavy atom. The van der Waals surface area contributed by atoms with Crippen LogP contribution in [0.15, 0.2) is 12.2 Å². The molecule has 1 atom stereocenters. The third-order valence-corrected chi connectivity index (χ3v) is 2.77. The molecule has 0 rings (SSSR count). The molecule has 1 unspecified atom stereocenters. The molecule has 0 N–H and O–H groups in total. The first-order chi connectivity index (χ1) is 6.81. The molecule has 0 heteroatoms. The number of hydrogen-bond acceptors (Lipinski definition) is 0. The second kappa shape index (κ2) is 10.8. The number of allylic oxidation sites excluding steroid dienone is 2. The van der Waals surface area contributed by atoms with Crippen LogP contribution in [-0.2, 0) is 0 Å². The maximum atomic E-state index is 2.38. The number of unbranched alkanes of at least 4 members (excludes halogenated alkanes) is 3. The molecule has 0 spiro atoms. The molecule has 0 aliphatic carbocycles. The van der Waals surface area contributed by atoms with Crippen molar-refractivity contribution in [2.24, 2.45) is 5.92 Å². The number of hydrogen-bond donors (Lipinski definition) is 0. The van der Waals surface area contributed by atoms with E-state index in [1.165, 1.54) is 51.4 Å². The van der Waals surface area contributed by atoms with Crippen molar-refractivity contribution < 1.29 is 0 Å². The van der Waals surface area contributed by atoms with Crippen LogP contribution in [0.3, 0.4) is 0 Å². The molecular weight excluding hydrogens is 168 g/mol. The lowest BCUT2D eigenvalue weighted by molar-refractivity contribution is 0.475. The van der Waals surface area contributed by atoms with Crippen LogP contribution in [0, 0.1) is 5.92 Å². The zero-order valence-electron chi connectivity index (χ0n) is 10.4. The second-order valence-electron chi connectivity index (χ2n) is 4.44. The van der Waals surface area contributed by atoms with Gasteiger partial charge in [0.15, 0.2) is 0 Å². The molecule has 0 saturated heterocycles. The summed E-state index contributed by atoms with van der Waals surface area (Å²) in [7, 11) is 0. The summed E-state index contributed by atoms with van der Waals surface area (Å²) < 4.78 is 0. The van der Waals surface area contributed by atoms with Crippen molar-refractivity contribution in [2.45, 2.75) is 72.1 Å². The molecule has 0 nitrogen and oxygen atoms in total. The van der Waals surface area contributed by atoms with Crippen molar-refractivity contribution >= 4 is 0 Å². The highest BCUT2D eigenvalue weighted by Crippen LogP contribution is 2.14. The molecule has 0 bridgehead atoms. The molecule has 0 radical (unpaired) electrons. The maximum Gasteiger partial charge on any atom is -0.0348 e. The van der Waals surface area contributed by atoms with Crippen molar-refractivity contribution in [1.82, 2.24) is 0 Å². The highest BCUT2D eigenvalue weighted by Gasteiger charge is 1.98. The van der Waals surface area contributed by atoms with E-state index in [1.54, 1.807) is 0 Å². The first-order valence-electron chi connectivity index (χ1n) is 6.46. The fourth-order valence-corrected chi connectivity index (χ4v) is 1.64. The van der Waals surface area contributed by atoms with Gasteiger partial charge in [0.05, 0.1) is 0 Å². The molecule has 0 amide bonds. The lowest BCUT2D eigenvalue weighted by Gasteiger charge is -2.07. The summed E-state index contributed by atoms with van der Waals surface area (Å²) in [6, 6.07) is 0. The highest BCUT2D eigenvalue weighted by atomic mass is 14.0. The molecule has 84 valence electrons. The lowest BCUT2D eigenvalue weighted by Crippen LogP contribution is -1.92. The van der Waals surface area contributed by atoms with E-state index in [2.05, 4.69) is 32.9 Å². The molecule has 0 aromatic heterocycles. The van der Waals surface area contributed by atoms with Crippen molar-refractivity contribution in [3.63, 3.8) is 0 Å². The van der Waals surface area contributed by atoms with Gasteiger partial charge in [-0.1, -0.05) is 65.0 Å². The van der Waals surface area contributed by atoms with E-state index in [4.69, 9.17) is 0 Å². The van der Waals surface area contributed by atoms with Gasteiger partial charge < -0.3 is 0 Å². The van der Waals surface area contributed by atoms with Crippen molar-refractivity contribution in [1.29, 1.82) is 0 Å². The first kappa shape index (κ1) is 13.7. The number of rotatable bonds is 9. The Bertz CT molecular complexity index is 124. The maximum absolute atomic E-state index is 2.38. The van der Waals surface area contributed by atoms with Gasteiger partial charge in [-0.2, -0.15) is 0 Å². The van der Waals surface area contributed by atoms with Crippen molar-refractivity contribution in [3.05, 3.63) is 12.2 Å². The average molecular weight is 196 g/mol. The summed E-state index contributed by atoms with van der Waals surface area (Å²) in [5.41, 5.74) is 0. The van der Waals surface area contributed by atoms with Crippen molar-refractivity contribution in [3.8, 4) is 0 Å². The predicted molar refractivity (Wildman–Crippen MR) is 66.6 cm³/mol. The van der Waals surface area contributed by atoms with Gasteiger partial charge in [0.2, 0.25) is 0 Å². The topological polar surface area (TPSA) is 0 Å². The summed E-state index contributed by atoms with van der Waals surface area (Å²) in [5, 5.41) is 0. The summed E-state index contributed by atoms with van der Waals surface area (Å²) in [6.07, 6.45) is 15.5. The van der Waals surface area contributed by atoms with Crippen LogP contribution >= 0.6 is 0 Å². The Morgan fingerprint density at radius 2 is 1.50 bits per heavy atom. The van der Waals surface area contributed by atoms with Gasteiger partial charge in [0, 0.05) is 0 Å². The monoisotopic (exact) mass is 196 g/mol. The minimum absolute atomic E-state index is 0.922. The molecule has 0 aliphatic rings. The average Bonchev–Trinajstić information content (AvgIpc) is 2.20. The van der Waals surface area contributed by atoms with Crippen LogP contribution in [0.1, 0.15) is 72.1 Å². The van der Waals surface area contributed by atoms with E-state index in [0.29, 0.717) is 0 Å². The Balaban J connectivity index is 3.21. The minimum atomic E-state index is 0.922. The third-order valence-electron chi connectivity index (χ3n) is 2.77. The standard InChI is InChI=1S/C14H28/c1-4-6-8-9-10-11-13-14(3)12-7-5-2/h9-10,14H,4-8,11-13H2,1-3H3/b10-9+. The molecule has 0 aromatic carbocycles. The Morgan fingerprint density at radius 1 is 0.857 bits per heavy atom. The normalized spacial score (nSPS) is 13.6. The van der Waals surface area contributed by atoms with Crippen LogP contribution in [0.5, 0.6) is 0 Å². The van der Waals surface area contributed by atoms with E-state index in [-0.39, 0.29) is 0 Å². The lowest BCUT2D eigenvalue weighted by atomic mass is 9.99. The zero-order valence-corrected chi connectivity index (χ0v) is 10.4. The van der Waals surface area contributed by atoms with E-state index in [0.717, 1.165) is 5.92 Å². The first-order valence-corrected chi connectivity index (χ1v) is 6.46. The molecule has 0 heterocycles. The summed E-state index contributed by atoms with van der Waals surface area (Å²) >= 11 is 0. The Labute approximate surface area is 90.8 Å². The Hall–Kier alpha value is -0.260. The second-order valence-corrected chi connectivity index (χ2v) is 4.44. The summed E-state index contributed by atoms with van der Waals surface area (Å²) in [5.74, 6) is 0.922. The fraction of sp³-hybridized carbons (Fsp3) is 0.857. The Kier molecular flexibility index (Phi) is 10.6. The summed E-state index contributed by atoms with van der Waals surface area (Å²) in [6.45, 7) is 6.91. The summed E-state index contributed by atoms with van der Waals surface area (Å²) in [4.78, 5) is 0. The predicted octanol–water partition coefficient (Wildman–Crippen LogP) is 5.34. The van der Waals surface area contributed by atoms with Gasteiger partial charge in [-0.25, -0.2) is 0 Å². The third kappa shape index (κ3) is 9.83. The van der Waals surface area contributed by atoms with Gasteiger partial charge in [-0.15, -0.1) is 0 Å². The quantitative estimate of drug-likeness (QED) is 0.345. The van der Waals surface area contributed by atoms with Gasteiger partial charge in [-0.05, 0) is 25.2 Å². The van der Waals surface area contributed by atoms with Gasteiger partial charge in [0.25, 0.3) is 0 Å². The van der Waals surface area contributed by atoms with Crippen molar-refractivity contribution in [2.75, 3.05) is 0 Å². The smallest absolute Gasteiger partial charge is 0.0348 e. The van der Waals surface area contributed by atoms with E-state index >= 15 is 0 Å². The van der Waals surface area contributed by atoms with E-state index < -0.39 is 0 Å².